The fourth-order valence-electron chi connectivity index (χ4n) is 1.27. The van der Waals surface area contributed by atoms with Crippen LogP contribution in [0.4, 0.5) is 0 Å². The van der Waals surface area contributed by atoms with Crippen LogP contribution in [0.5, 0.6) is 0 Å². The van der Waals surface area contributed by atoms with E-state index in [9.17, 15) is 4.79 Å². The molecule has 0 saturated carbocycles. The summed E-state index contributed by atoms with van der Waals surface area (Å²) in [5, 5.41) is 0. The molecule has 80 valence electrons. The van der Waals surface area contributed by atoms with Crippen LogP contribution in [-0.2, 0) is 19.0 Å². The van der Waals surface area contributed by atoms with E-state index in [0.29, 0.717) is 26.2 Å². The van der Waals surface area contributed by atoms with E-state index < -0.39 is 0 Å². The lowest BCUT2D eigenvalue weighted by Gasteiger charge is -2.40. The summed E-state index contributed by atoms with van der Waals surface area (Å²) in [6.07, 6.45) is 2.47. The maximum absolute atomic E-state index is 11.0. The molecule has 0 aromatic rings. The summed E-state index contributed by atoms with van der Waals surface area (Å²) in [5.41, 5.74) is -0.339. The summed E-state index contributed by atoms with van der Waals surface area (Å²) in [4.78, 5) is 11.0. The molecular weight excluding hydrogens is 184 g/mol. The Hall–Kier alpha value is -0.870. The van der Waals surface area contributed by atoms with Crippen LogP contribution in [0.1, 0.15) is 13.3 Å². The molecule has 1 saturated heterocycles. The number of ether oxygens (including phenoxy) is 3. The van der Waals surface area contributed by atoms with Gasteiger partial charge in [-0.1, -0.05) is 6.08 Å². The average Bonchev–Trinajstić information content (AvgIpc) is 2.10. The zero-order valence-electron chi connectivity index (χ0n) is 8.45. The van der Waals surface area contributed by atoms with Gasteiger partial charge in [-0.2, -0.15) is 0 Å². The third-order valence-electron chi connectivity index (χ3n) is 2.05. The normalized spacial score (nSPS) is 18.4. The smallest absolute Gasteiger partial charge is 0.332 e. The molecule has 1 aliphatic heterocycles. The molecular formula is C10H16O4. The lowest BCUT2D eigenvalue weighted by molar-refractivity contribution is -0.213. The molecule has 0 aliphatic carbocycles. The van der Waals surface area contributed by atoms with Gasteiger partial charge in [-0.05, 0) is 13.3 Å². The topological polar surface area (TPSA) is 44.8 Å². The van der Waals surface area contributed by atoms with Crippen LogP contribution in [0.3, 0.4) is 0 Å². The third kappa shape index (κ3) is 2.82. The summed E-state index contributed by atoms with van der Waals surface area (Å²) in [6, 6.07) is 0. The molecule has 0 N–H and O–H groups in total. The second-order valence-corrected chi connectivity index (χ2v) is 3.26. The van der Waals surface area contributed by atoms with Gasteiger partial charge in [-0.3, -0.25) is 0 Å². The predicted molar refractivity (Wildman–Crippen MR) is 50.9 cm³/mol. The highest BCUT2D eigenvalue weighted by Gasteiger charge is 2.39. The Kier molecular flexibility index (Phi) is 4.10. The Labute approximate surface area is 83.8 Å². The molecule has 0 unspecified atom stereocenters. The fourth-order valence-corrected chi connectivity index (χ4v) is 1.27. The van der Waals surface area contributed by atoms with Crippen molar-refractivity contribution in [2.45, 2.75) is 18.9 Å². The van der Waals surface area contributed by atoms with Gasteiger partial charge in [0, 0.05) is 0 Å². The van der Waals surface area contributed by atoms with E-state index in [2.05, 4.69) is 6.58 Å². The fraction of sp³-hybridized carbons (Fsp3) is 0.700. The van der Waals surface area contributed by atoms with Gasteiger partial charge in [0.2, 0.25) is 0 Å². The number of carbonyl (C=O) groups is 1. The van der Waals surface area contributed by atoms with E-state index in [4.69, 9.17) is 14.2 Å². The van der Waals surface area contributed by atoms with Crippen LogP contribution in [-0.4, -0.2) is 38.0 Å². The first-order valence-electron chi connectivity index (χ1n) is 4.70. The number of rotatable bonds is 6. The minimum Gasteiger partial charge on any atom is -0.464 e. The van der Waals surface area contributed by atoms with Crippen LogP contribution in [0, 0.1) is 0 Å². The van der Waals surface area contributed by atoms with Gasteiger partial charge in [-0.25, -0.2) is 4.79 Å². The zero-order valence-corrected chi connectivity index (χ0v) is 8.45. The van der Waals surface area contributed by atoms with Gasteiger partial charge in [0.05, 0.1) is 19.8 Å². The molecule has 0 amide bonds. The minimum absolute atomic E-state index is 0.00889. The predicted octanol–water partition coefficient (Wildman–Crippen LogP) is 0.911. The van der Waals surface area contributed by atoms with Gasteiger partial charge in [0.1, 0.15) is 12.2 Å². The summed E-state index contributed by atoms with van der Waals surface area (Å²) in [5.74, 6) is -0.331. The molecule has 1 rings (SSSR count). The second kappa shape index (κ2) is 5.12. The lowest BCUT2D eigenvalue weighted by Crippen LogP contribution is -2.52. The lowest BCUT2D eigenvalue weighted by atomic mass is 9.98. The SMILES string of the molecule is C=CCC1(OCC(=O)OCC)COC1. The molecule has 14 heavy (non-hydrogen) atoms. The van der Waals surface area contributed by atoms with Crippen molar-refractivity contribution in [1.29, 1.82) is 0 Å². The Balaban J connectivity index is 2.27. The second-order valence-electron chi connectivity index (χ2n) is 3.26. The zero-order chi connectivity index (χ0) is 10.4. The molecule has 0 radical (unpaired) electrons. The quantitative estimate of drug-likeness (QED) is 0.472. The highest BCUT2D eigenvalue weighted by atomic mass is 16.6. The Morgan fingerprint density at radius 1 is 1.64 bits per heavy atom. The van der Waals surface area contributed by atoms with Crippen molar-refractivity contribution < 1.29 is 19.0 Å². The summed E-state index contributed by atoms with van der Waals surface area (Å²) < 4.78 is 15.3. The van der Waals surface area contributed by atoms with Crippen molar-refractivity contribution in [1.82, 2.24) is 0 Å². The van der Waals surface area contributed by atoms with Crippen molar-refractivity contribution in [3.63, 3.8) is 0 Å². The Bertz CT molecular complexity index is 208. The molecule has 0 aromatic carbocycles. The van der Waals surface area contributed by atoms with Gasteiger partial charge < -0.3 is 14.2 Å². The molecule has 0 aromatic heterocycles. The van der Waals surface area contributed by atoms with Crippen LogP contribution in [0.2, 0.25) is 0 Å². The van der Waals surface area contributed by atoms with Crippen molar-refractivity contribution in [3.05, 3.63) is 12.7 Å². The molecule has 4 nitrogen and oxygen atoms in total. The number of carbonyl (C=O) groups excluding carboxylic acids is 1. The van der Waals surface area contributed by atoms with E-state index in [-0.39, 0.29) is 18.2 Å². The van der Waals surface area contributed by atoms with Crippen LogP contribution < -0.4 is 0 Å². The largest absolute Gasteiger partial charge is 0.464 e. The molecule has 1 aliphatic rings. The number of hydrogen-bond donors (Lipinski definition) is 0. The molecule has 0 spiro atoms. The molecule has 1 fully saturated rings. The van der Waals surface area contributed by atoms with Crippen molar-refractivity contribution in [3.8, 4) is 0 Å². The van der Waals surface area contributed by atoms with E-state index in [1.54, 1.807) is 13.0 Å². The van der Waals surface area contributed by atoms with Gasteiger partial charge in [-0.15, -0.1) is 6.58 Å². The Morgan fingerprint density at radius 3 is 2.79 bits per heavy atom. The minimum atomic E-state index is -0.339. The van der Waals surface area contributed by atoms with E-state index in [1.165, 1.54) is 0 Å². The molecule has 1 heterocycles. The highest BCUT2D eigenvalue weighted by molar-refractivity contribution is 5.70. The Morgan fingerprint density at radius 2 is 2.36 bits per heavy atom. The summed E-state index contributed by atoms with van der Waals surface area (Å²) in [6.45, 7) is 6.83. The summed E-state index contributed by atoms with van der Waals surface area (Å²) in [7, 11) is 0. The van der Waals surface area contributed by atoms with Crippen LogP contribution >= 0.6 is 0 Å². The van der Waals surface area contributed by atoms with Gasteiger partial charge in [0.25, 0.3) is 0 Å². The van der Waals surface area contributed by atoms with Crippen molar-refractivity contribution in [2.75, 3.05) is 26.4 Å². The van der Waals surface area contributed by atoms with Gasteiger partial charge >= 0.3 is 5.97 Å². The maximum atomic E-state index is 11.0. The first-order valence-corrected chi connectivity index (χ1v) is 4.70. The molecule has 4 heteroatoms. The van der Waals surface area contributed by atoms with Crippen LogP contribution in [0.25, 0.3) is 0 Å². The summed E-state index contributed by atoms with van der Waals surface area (Å²) >= 11 is 0. The van der Waals surface area contributed by atoms with Crippen LogP contribution in [0.15, 0.2) is 12.7 Å². The first-order chi connectivity index (χ1) is 6.72. The van der Waals surface area contributed by atoms with E-state index in [0.717, 1.165) is 0 Å². The standard InChI is InChI=1S/C10H16O4/c1-3-5-10(7-12-8-10)14-6-9(11)13-4-2/h3H,1,4-8H2,2H3. The number of esters is 1. The van der Waals surface area contributed by atoms with Gasteiger partial charge in [0.15, 0.2) is 0 Å². The molecule has 0 atom stereocenters. The first kappa shape index (κ1) is 11.2. The highest BCUT2D eigenvalue weighted by Crippen LogP contribution is 2.26. The molecule has 0 bridgehead atoms. The average molecular weight is 200 g/mol. The number of hydrogen-bond acceptors (Lipinski definition) is 4. The monoisotopic (exact) mass is 200 g/mol. The van der Waals surface area contributed by atoms with Crippen molar-refractivity contribution >= 4 is 5.97 Å². The third-order valence-corrected chi connectivity index (χ3v) is 2.05. The van der Waals surface area contributed by atoms with Crippen molar-refractivity contribution in [2.24, 2.45) is 0 Å². The maximum Gasteiger partial charge on any atom is 0.332 e. The van der Waals surface area contributed by atoms with E-state index in [1.807, 2.05) is 0 Å². The van der Waals surface area contributed by atoms with E-state index >= 15 is 0 Å².